The Bertz CT molecular complexity index is 468. The van der Waals surface area contributed by atoms with Gasteiger partial charge < -0.3 is 10.5 Å². The van der Waals surface area contributed by atoms with Gasteiger partial charge in [0.05, 0.1) is 7.11 Å². The molecule has 24 heavy (non-hydrogen) atoms. The molecule has 136 valence electrons. The van der Waals surface area contributed by atoms with Crippen LogP contribution in [0.5, 0.6) is 5.75 Å². The van der Waals surface area contributed by atoms with Crippen LogP contribution in [0.4, 0.5) is 0 Å². The van der Waals surface area contributed by atoms with E-state index in [0.29, 0.717) is 12.6 Å². The van der Waals surface area contributed by atoms with Crippen LogP contribution in [-0.2, 0) is 0 Å². The van der Waals surface area contributed by atoms with Crippen molar-refractivity contribution in [3.8, 4) is 5.75 Å². The molecule has 1 aromatic carbocycles. The van der Waals surface area contributed by atoms with E-state index in [1.54, 1.807) is 7.11 Å². The van der Waals surface area contributed by atoms with E-state index in [4.69, 9.17) is 10.5 Å². The summed E-state index contributed by atoms with van der Waals surface area (Å²) >= 11 is 0. The first-order valence-corrected chi connectivity index (χ1v) is 9.14. The third-order valence-electron chi connectivity index (χ3n) is 5.60. The molecule has 0 radical (unpaired) electrons. The molecule has 5 heteroatoms. The molecule has 2 fully saturated rings. The molecular formula is C19H32ClN3O. The summed E-state index contributed by atoms with van der Waals surface area (Å²) in [7, 11) is 1.71. The Hall–Kier alpha value is -0.810. The standard InChI is InChI=1S/C19H31N3O.ClH/c1-23-18-9-7-16(8-10-18)19(15-20)22-13-11-21(12-14-22)17-5-3-2-4-6-17;/h7-10,17,19H,2-6,11-15,20H2,1H3;1H. The minimum Gasteiger partial charge on any atom is -0.497 e. The van der Waals surface area contributed by atoms with Crippen molar-refractivity contribution in [2.24, 2.45) is 5.73 Å². The molecule has 3 rings (SSSR count). The molecule has 2 aliphatic rings. The van der Waals surface area contributed by atoms with E-state index in [1.807, 2.05) is 12.1 Å². The fourth-order valence-electron chi connectivity index (χ4n) is 4.18. The number of rotatable bonds is 5. The minimum absolute atomic E-state index is 0. The summed E-state index contributed by atoms with van der Waals surface area (Å²) in [5.41, 5.74) is 7.40. The molecule has 1 aliphatic carbocycles. The van der Waals surface area contributed by atoms with Crippen molar-refractivity contribution in [1.82, 2.24) is 9.80 Å². The average Bonchev–Trinajstić information content (AvgIpc) is 2.64. The lowest BCUT2D eigenvalue weighted by molar-refractivity contribution is 0.0579. The number of hydrogen-bond donors (Lipinski definition) is 1. The smallest absolute Gasteiger partial charge is 0.118 e. The first kappa shape index (κ1) is 19.5. The molecule has 1 atom stereocenters. The van der Waals surface area contributed by atoms with Gasteiger partial charge in [-0.2, -0.15) is 0 Å². The molecule has 1 saturated carbocycles. The van der Waals surface area contributed by atoms with Crippen LogP contribution in [0.2, 0.25) is 0 Å². The fourth-order valence-corrected chi connectivity index (χ4v) is 4.18. The van der Waals surface area contributed by atoms with Gasteiger partial charge in [-0.05, 0) is 30.5 Å². The summed E-state index contributed by atoms with van der Waals surface area (Å²) in [5, 5.41) is 0. The van der Waals surface area contributed by atoms with Gasteiger partial charge in [0, 0.05) is 44.8 Å². The lowest BCUT2D eigenvalue weighted by Crippen LogP contribution is -2.52. The van der Waals surface area contributed by atoms with Gasteiger partial charge in [-0.1, -0.05) is 31.4 Å². The van der Waals surface area contributed by atoms with Gasteiger partial charge in [0.2, 0.25) is 0 Å². The van der Waals surface area contributed by atoms with Crippen molar-refractivity contribution < 1.29 is 4.74 Å². The summed E-state index contributed by atoms with van der Waals surface area (Å²) in [6.45, 7) is 5.32. The highest BCUT2D eigenvalue weighted by Crippen LogP contribution is 2.27. The van der Waals surface area contributed by atoms with Crippen LogP contribution in [0.25, 0.3) is 0 Å². The Balaban J connectivity index is 0.00000208. The zero-order valence-electron chi connectivity index (χ0n) is 14.8. The normalized spacial score (nSPS) is 21.9. The van der Waals surface area contributed by atoms with Gasteiger partial charge in [0.1, 0.15) is 5.75 Å². The summed E-state index contributed by atoms with van der Waals surface area (Å²) in [4.78, 5) is 5.28. The topological polar surface area (TPSA) is 41.7 Å². The van der Waals surface area contributed by atoms with E-state index in [-0.39, 0.29) is 12.4 Å². The average molecular weight is 354 g/mol. The van der Waals surface area contributed by atoms with Crippen LogP contribution < -0.4 is 10.5 Å². The number of piperazine rings is 1. The van der Waals surface area contributed by atoms with Gasteiger partial charge in [-0.15, -0.1) is 12.4 Å². The van der Waals surface area contributed by atoms with E-state index >= 15 is 0 Å². The quantitative estimate of drug-likeness (QED) is 0.883. The summed E-state index contributed by atoms with van der Waals surface area (Å²) in [6.07, 6.45) is 7.07. The first-order valence-electron chi connectivity index (χ1n) is 9.14. The highest BCUT2D eigenvalue weighted by Gasteiger charge is 2.28. The summed E-state index contributed by atoms with van der Waals surface area (Å²) in [6, 6.07) is 9.55. The lowest BCUT2D eigenvalue weighted by Gasteiger charge is -2.43. The molecule has 2 N–H and O–H groups in total. The van der Waals surface area contributed by atoms with Crippen LogP contribution >= 0.6 is 12.4 Å². The number of hydrogen-bond acceptors (Lipinski definition) is 4. The Morgan fingerprint density at radius 1 is 1.04 bits per heavy atom. The van der Waals surface area contributed by atoms with Crippen molar-refractivity contribution in [3.05, 3.63) is 29.8 Å². The van der Waals surface area contributed by atoms with Gasteiger partial charge in [-0.3, -0.25) is 9.80 Å². The fraction of sp³-hybridized carbons (Fsp3) is 0.684. The molecular weight excluding hydrogens is 322 g/mol. The second kappa shape index (κ2) is 9.62. The van der Waals surface area contributed by atoms with Crippen molar-refractivity contribution in [2.75, 3.05) is 39.8 Å². The molecule has 0 bridgehead atoms. The van der Waals surface area contributed by atoms with Crippen LogP contribution in [0, 0.1) is 0 Å². The molecule has 1 saturated heterocycles. The highest BCUT2D eigenvalue weighted by molar-refractivity contribution is 5.85. The Labute approximate surface area is 152 Å². The predicted molar refractivity (Wildman–Crippen MR) is 102 cm³/mol. The van der Waals surface area contributed by atoms with Gasteiger partial charge >= 0.3 is 0 Å². The zero-order chi connectivity index (χ0) is 16.1. The van der Waals surface area contributed by atoms with Gasteiger partial charge in [-0.25, -0.2) is 0 Å². The molecule has 1 aliphatic heterocycles. The molecule has 1 aromatic rings. The van der Waals surface area contributed by atoms with E-state index in [1.165, 1.54) is 50.8 Å². The van der Waals surface area contributed by atoms with Crippen LogP contribution in [0.3, 0.4) is 0 Å². The number of ether oxygens (including phenoxy) is 1. The second-order valence-corrected chi connectivity index (χ2v) is 6.89. The summed E-state index contributed by atoms with van der Waals surface area (Å²) < 4.78 is 5.26. The van der Waals surface area contributed by atoms with Gasteiger partial charge in [0.25, 0.3) is 0 Å². The molecule has 1 heterocycles. The van der Waals surface area contributed by atoms with Crippen molar-refractivity contribution in [2.45, 2.75) is 44.2 Å². The van der Waals surface area contributed by atoms with E-state index < -0.39 is 0 Å². The van der Waals surface area contributed by atoms with Crippen molar-refractivity contribution >= 4 is 12.4 Å². The number of halogens is 1. The number of nitrogens with zero attached hydrogens (tertiary/aromatic N) is 2. The molecule has 0 aromatic heterocycles. The highest BCUT2D eigenvalue weighted by atomic mass is 35.5. The number of benzene rings is 1. The van der Waals surface area contributed by atoms with E-state index in [2.05, 4.69) is 21.9 Å². The summed E-state index contributed by atoms with van der Waals surface area (Å²) in [5.74, 6) is 0.909. The monoisotopic (exact) mass is 353 g/mol. The lowest BCUT2D eigenvalue weighted by atomic mass is 9.93. The SMILES string of the molecule is COc1ccc(C(CN)N2CCN(C3CCCCC3)CC2)cc1.Cl. The third kappa shape index (κ3) is 4.63. The maximum atomic E-state index is 6.10. The molecule has 0 amide bonds. The maximum Gasteiger partial charge on any atom is 0.118 e. The Morgan fingerprint density at radius 3 is 2.21 bits per heavy atom. The van der Waals surface area contributed by atoms with Crippen molar-refractivity contribution in [3.63, 3.8) is 0 Å². The third-order valence-corrected chi connectivity index (χ3v) is 5.60. The Morgan fingerprint density at radius 2 is 1.67 bits per heavy atom. The zero-order valence-corrected chi connectivity index (χ0v) is 15.6. The largest absolute Gasteiger partial charge is 0.497 e. The Kier molecular flexibility index (Phi) is 7.82. The predicted octanol–water partition coefficient (Wildman–Crippen LogP) is 3.07. The molecule has 4 nitrogen and oxygen atoms in total. The number of methoxy groups -OCH3 is 1. The van der Waals surface area contributed by atoms with E-state index in [9.17, 15) is 0 Å². The van der Waals surface area contributed by atoms with Crippen LogP contribution in [-0.4, -0.2) is 55.7 Å². The van der Waals surface area contributed by atoms with Gasteiger partial charge in [0.15, 0.2) is 0 Å². The van der Waals surface area contributed by atoms with Crippen LogP contribution in [0.1, 0.15) is 43.7 Å². The second-order valence-electron chi connectivity index (χ2n) is 6.89. The number of nitrogens with two attached hydrogens (primary N) is 1. The van der Waals surface area contributed by atoms with Crippen molar-refractivity contribution in [1.29, 1.82) is 0 Å². The minimum atomic E-state index is 0. The maximum absolute atomic E-state index is 6.10. The first-order chi connectivity index (χ1) is 11.3. The van der Waals surface area contributed by atoms with Crippen LogP contribution in [0.15, 0.2) is 24.3 Å². The molecule has 1 unspecified atom stereocenters. The molecule has 0 spiro atoms. The van der Waals surface area contributed by atoms with E-state index in [0.717, 1.165) is 24.9 Å².